The number of amides is 1. The number of pyridine rings is 1. The van der Waals surface area contributed by atoms with Crippen LogP contribution in [0.15, 0.2) is 81.0 Å². The molecule has 0 atom stereocenters. The third-order valence-electron chi connectivity index (χ3n) is 5.04. The highest BCUT2D eigenvalue weighted by molar-refractivity contribution is 7.92. The Balaban J connectivity index is 1.47. The van der Waals surface area contributed by atoms with Gasteiger partial charge in [0, 0.05) is 35.8 Å². The number of carbonyl (C=O) groups excluding carboxylic acids is 1. The second-order valence-corrected chi connectivity index (χ2v) is 9.29. The first kappa shape index (κ1) is 24.2. The van der Waals surface area contributed by atoms with Gasteiger partial charge in [0.1, 0.15) is 18.2 Å². The van der Waals surface area contributed by atoms with Crippen LogP contribution in [0.4, 0.5) is 10.1 Å². The molecule has 0 spiro atoms. The normalized spacial score (nSPS) is 11.5. The van der Waals surface area contributed by atoms with Gasteiger partial charge in [0.2, 0.25) is 5.56 Å². The minimum absolute atomic E-state index is 0.0408. The topological polar surface area (TPSA) is 130 Å². The summed E-state index contributed by atoms with van der Waals surface area (Å²) < 4.78 is 51.8. The molecule has 0 bridgehead atoms. The van der Waals surface area contributed by atoms with Gasteiger partial charge in [-0.3, -0.25) is 14.3 Å². The number of halogens is 1. The Hall–Kier alpha value is -3.96. The Labute approximate surface area is 200 Å². The van der Waals surface area contributed by atoms with Crippen molar-refractivity contribution < 1.29 is 26.8 Å². The minimum Gasteiger partial charge on any atom is -0.467 e. The maximum atomic E-state index is 13.1. The average molecular weight is 500 g/mol. The van der Waals surface area contributed by atoms with E-state index in [1.165, 1.54) is 30.3 Å². The molecular formula is C24H22FN3O6S. The van der Waals surface area contributed by atoms with E-state index in [-0.39, 0.29) is 28.1 Å². The first-order valence-corrected chi connectivity index (χ1v) is 12.1. The lowest BCUT2D eigenvalue weighted by molar-refractivity contribution is 0.0918. The molecule has 3 N–H and O–H groups in total. The summed E-state index contributed by atoms with van der Waals surface area (Å²) in [5, 5.41) is 2.98. The van der Waals surface area contributed by atoms with Crippen molar-refractivity contribution in [3.63, 3.8) is 0 Å². The molecule has 0 saturated heterocycles. The van der Waals surface area contributed by atoms with Crippen LogP contribution in [0.5, 0.6) is 0 Å². The van der Waals surface area contributed by atoms with Gasteiger partial charge in [-0.05, 0) is 61.0 Å². The summed E-state index contributed by atoms with van der Waals surface area (Å²) in [4.78, 5) is 27.3. The quantitative estimate of drug-likeness (QED) is 0.287. The number of nitrogens with one attached hydrogen (secondary N) is 3. The lowest BCUT2D eigenvalue weighted by Gasteiger charge is -2.11. The summed E-state index contributed by atoms with van der Waals surface area (Å²) >= 11 is 0. The number of anilines is 1. The number of rotatable bonds is 10. The van der Waals surface area contributed by atoms with Gasteiger partial charge in [0.15, 0.2) is 0 Å². The fourth-order valence-corrected chi connectivity index (χ4v) is 4.44. The number of furan rings is 1. The number of fused-ring (bicyclic) bond motifs is 1. The number of aromatic amines is 1. The second-order valence-electron chi connectivity index (χ2n) is 7.61. The van der Waals surface area contributed by atoms with Crippen molar-refractivity contribution in [3.8, 4) is 0 Å². The average Bonchev–Trinajstić information content (AvgIpc) is 3.35. The molecule has 0 saturated carbocycles. The number of H-pyrrole nitrogens is 1. The van der Waals surface area contributed by atoms with E-state index in [9.17, 15) is 22.4 Å². The molecule has 4 aromatic rings. The monoisotopic (exact) mass is 499 g/mol. The Morgan fingerprint density at radius 3 is 2.63 bits per heavy atom. The lowest BCUT2D eigenvalue weighted by atomic mass is 10.1. The van der Waals surface area contributed by atoms with Crippen molar-refractivity contribution in [1.29, 1.82) is 0 Å². The fourth-order valence-electron chi connectivity index (χ4n) is 3.36. The van der Waals surface area contributed by atoms with E-state index in [1.807, 2.05) is 0 Å². The first-order chi connectivity index (χ1) is 16.8. The number of hydrogen-bond donors (Lipinski definition) is 3. The standard InChI is InChI=1S/C24H22FN3O6S/c25-16-4-6-17(7-5-16)28-35(31,32)19-8-9-22-20(13-19)21(14-23(29)27-22)24(30)26-10-2-11-33-15-18-3-1-12-34-18/h1,3-9,12-14,28H,2,10-11,15H2,(H,26,30)(H,27,29). The van der Waals surface area contributed by atoms with Gasteiger partial charge in [-0.1, -0.05) is 0 Å². The highest BCUT2D eigenvalue weighted by Gasteiger charge is 2.18. The van der Waals surface area contributed by atoms with Crippen molar-refractivity contribution in [1.82, 2.24) is 10.3 Å². The maximum absolute atomic E-state index is 13.1. The molecule has 0 aliphatic rings. The van der Waals surface area contributed by atoms with Gasteiger partial charge in [-0.15, -0.1) is 0 Å². The molecule has 2 heterocycles. The van der Waals surface area contributed by atoms with Crippen molar-refractivity contribution >= 4 is 32.5 Å². The number of aromatic nitrogens is 1. The number of sulfonamides is 1. The van der Waals surface area contributed by atoms with Crippen LogP contribution in [-0.2, 0) is 21.4 Å². The van der Waals surface area contributed by atoms with Crippen molar-refractivity contribution in [2.45, 2.75) is 17.9 Å². The van der Waals surface area contributed by atoms with Gasteiger partial charge in [-0.2, -0.15) is 0 Å². The molecule has 182 valence electrons. The van der Waals surface area contributed by atoms with Gasteiger partial charge < -0.3 is 19.5 Å². The molecule has 35 heavy (non-hydrogen) atoms. The van der Waals surface area contributed by atoms with Crippen molar-refractivity contribution in [2.75, 3.05) is 17.9 Å². The molecule has 1 amide bonds. The zero-order chi connectivity index (χ0) is 24.8. The van der Waals surface area contributed by atoms with E-state index < -0.39 is 27.3 Å². The summed E-state index contributed by atoms with van der Waals surface area (Å²) in [5.41, 5.74) is 0.0360. The van der Waals surface area contributed by atoms with E-state index in [2.05, 4.69) is 15.0 Å². The van der Waals surface area contributed by atoms with Gasteiger partial charge in [0.25, 0.3) is 15.9 Å². The third-order valence-corrected chi connectivity index (χ3v) is 6.42. The number of ether oxygens (including phenoxy) is 1. The van der Waals surface area contributed by atoms with E-state index in [4.69, 9.17) is 9.15 Å². The van der Waals surface area contributed by atoms with Crippen LogP contribution >= 0.6 is 0 Å². The summed E-state index contributed by atoms with van der Waals surface area (Å²) in [5.74, 6) is -0.320. The Morgan fingerprint density at radius 1 is 1.09 bits per heavy atom. The zero-order valence-corrected chi connectivity index (χ0v) is 19.2. The summed E-state index contributed by atoms with van der Waals surface area (Å²) in [7, 11) is -4.04. The molecule has 0 radical (unpaired) electrons. The number of benzene rings is 2. The molecule has 0 unspecified atom stereocenters. The molecule has 0 aliphatic heterocycles. The molecule has 11 heteroatoms. The van der Waals surface area contributed by atoms with Gasteiger partial charge >= 0.3 is 0 Å². The largest absolute Gasteiger partial charge is 0.467 e. The van der Waals surface area contributed by atoms with Crippen LogP contribution in [0.2, 0.25) is 0 Å². The summed E-state index contributed by atoms with van der Waals surface area (Å²) in [6.45, 7) is 0.993. The molecule has 0 aliphatic carbocycles. The smallest absolute Gasteiger partial charge is 0.261 e. The lowest BCUT2D eigenvalue weighted by Crippen LogP contribution is -2.27. The number of hydrogen-bond acceptors (Lipinski definition) is 6. The van der Waals surface area contributed by atoms with Crippen LogP contribution in [0.1, 0.15) is 22.5 Å². The van der Waals surface area contributed by atoms with E-state index in [0.29, 0.717) is 30.9 Å². The fraction of sp³-hybridized carbons (Fsp3) is 0.167. The van der Waals surface area contributed by atoms with Crippen LogP contribution in [-0.4, -0.2) is 32.5 Å². The number of carbonyl (C=O) groups is 1. The van der Waals surface area contributed by atoms with E-state index in [1.54, 1.807) is 18.4 Å². The molecule has 2 aromatic carbocycles. The summed E-state index contributed by atoms with van der Waals surface area (Å²) in [6.07, 6.45) is 2.08. The third kappa shape index (κ3) is 6.14. The van der Waals surface area contributed by atoms with Crippen LogP contribution in [0.3, 0.4) is 0 Å². The molecule has 9 nitrogen and oxygen atoms in total. The zero-order valence-electron chi connectivity index (χ0n) is 18.4. The van der Waals surface area contributed by atoms with Crippen molar-refractivity contribution in [3.05, 3.63) is 94.4 Å². The SMILES string of the molecule is O=C(NCCCOCc1ccco1)c1cc(=O)[nH]c2ccc(S(=O)(=O)Nc3ccc(F)cc3)cc12. The van der Waals surface area contributed by atoms with Crippen LogP contribution in [0.25, 0.3) is 10.9 Å². The maximum Gasteiger partial charge on any atom is 0.261 e. The van der Waals surface area contributed by atoms with E-state index in [0.717, 1.165) is 18.2 Å². The predicted molar refractivity (Wildman–Crippen MR) is 127 cm³/mol. The Bertz CT molecular complexity index is 1480. The molecule has 2 aromatic heterocycles. The van der Waals surface area contributed by atoms with E-state index >= 15 is 0 Å². The minimum atomic E-state index is -4.04. The van der Waals surface area contributed by atoms with Crippen LogP contribution < -0.4 is 15.6 Å². The molecular weight excluding hydrogens is 477 g/mol. The second kappa shape index (κ2) is 10.5. The van der Waals surface area contributed by atoms with Gasteiger partial charge in [0.05, 0.1) is 16.7 Å². The van der Waals surface area contributed by atoms with Crippen molar-refractivity contribution in [2.24, 2.45) is 0 Å². The van der Waals surface area contributed by atoms with Gasteiger partial charge in [-0.25, -0.2) is 12.8 Å². The molecule has 4 rings (SSSR count). The highest BCUT2D eigenvalue weighted by Crippen LogP contribution is 2.22. The Kier molecular flexibility index (Phi) is 7.28. The predicted octanol–water partition coefficient (Wildman–Crippen LogP) is 3.40. The van der Waals surface area contributed by atoms with Crippen LogP contribution in [0, 0.1) is 5.82 Å². The molecule has 0 fully saturated rings. The first-order valence-electron chi connectivity index (χ1n) is 10.7. The summed E-state index contributed by atoms with van der Waals surface area (Å²) in [6, 6.07) is 13.6. The Morgan fingerprint density at radius 2 is 1.89 bits per heavy atom. The highest BCUT2D eigenvalue weighted by atomic mass is 32.2.